The molecule has 0 aliphatic heterocycles. The predicted molar refractivity (Wildman–Crippen MR) is 46.7 cm³/mol. The third-order valence-corrected chi connectivity index (χ3v) is 1.62. The molecule has 56 valence electrons. The molecule has 0 aliphatic carbocycles. The second kappa shape index (κ2) is 6.42. The van der Waals surface area contributed by atoms with Crippen LogP contribution in [0.4, 0.5) is 0 Å². The highest BCUT2D eigenvalue weighted by molar-refractivity contribution is 5.01. The van der Waals surface area contributed by atoms with Crippen molar-refractivity contribution in [1.82, 2.24) is 0 Å². The van der Waals surface area contributed by atoms with Crippen LogP contribution < -0.4 is 0 Å². The molecule has 0 aliphatic rings. The van der Waals surface area contributed by atoms with Crippen molar-refractivity contribution in [3.8, 4) is 12.3 Å². The molecule has 0 N–H and O–H groups in total. The highest BCUT2D eigenvalue weighted by Crippen LogP contribution is 2.08. The van der Waals surface area contributed by atoms with E-state index in [9.17, 15) is 0 Å². The molecule has 0 radical (unpaired) electrons. The Kier molecular flexibility index (Phi) is 5.97. The minimum Gasteiger partial charge on any atom is -0.119 e. The smallest absolute Gasteiger partial charge is 0.0377 e. The molecule has 10 heavy (non-hydrogen) atoms. The maximum Gasteiger partial charge on any atom is 0.0377 e. The SMILES string of the molecule is C#CC(C=C)CCCCC. The second-order valence-corrected chi connectivity index (χ2v) is 2.50. The molecule has 0 saturated heterocycles. The first-order valence-corrected chi connectivity index (χ1v) is 3.93. The normalized spacial score (nSPS) is 12.0. The monoisotopic (exact) mass is 136 g/mol. The van der Waals surface area contributed by atoms with Gasteiger partial charge in [-0.1, -0.05) is 38.2 Å². The van der Waals surface area contributed by atoms with Gasteiger partial charge in [0.05, 0.1) is 0 Å². The van der Waals surface area contributed by atoms with Gasteiger partial charge in [0.1, 0.15) is 0 Å². The molecule has 0 saturated carbocycles. The van der Waals surface area contributed by atoms with Crippen LogP contribution in [-0.2, 0) is 0 Å². The molecule has 0 aromatic carbocycles. The first-order valence-electron chi connectivity index (χ1n) is 3.93. The summed E-state index contributed by atoms with van der Waals surface area (Å²) in [5, 5.41) is 0. The van der Waals surface area contributed by atoms with Crippen LogP contribution in [0.3, 0.4) is 0 Å². The Labute approximate surface area is 64.3 Å². The Morgan fingerprint density at radius 3 is 2.70 bits per heavy atom. The summed E-state index contributed by atoms with van der Waals surface area (Å²) in [6.07, 6.45) is 12.0. The molecule has 1 atom stereocenters. The number of terminal acetylenes is 1. The summed E-state index contributed by atoms with van der Waals surface area (Å²) < 4.78 is 0. The lowest BCUT2D eigenvalue weighted by Crippen LogP contribution is -1.90. The second-order valence-electron chi connectivity index (χ2n) is 2.50. The number of unbranched alkanes of at least 4 members (excludes halogenated alkanes) is 2. The van der Waals surface area contributed by atoms with Gasteiger partial charge in [-0.2, -0.15) is 0 Å². The lowest BCUT2D eigenvalue weighted by Gasteiger charge is -2.02. The molecular formula is C10H16. The minimum absolute atomic E-state index is 0.298. The van der Waals surface area contributed by atoms with Gasteiger partial charge in [0.25, 0.3) is 0 Å². The number of rotatable bonds is 5. The predicted octanol–water partition coefficient (Wildman–Crippen LogP) is 3.00. The van der Waals surface area contributed by atoms with E-state index in [2.05, 4.69) is 19.4 Å². The molecule has 0 aromatic rings. The first-order chi connectivity index (χ1) is 4.85. The minimum atomic E-state index is 0.298. The average Bonchev–Trinajstić information content (AvgIpc) is 1.99. The molecule has 0 heterocycles. The summed E-state index contributed by atoms with van der Waals surface area (Å²) in [4.78, 5) is 0. The Bertz CT molecular complexity index is 116. The van der Waals surface area contributed by atoms with E-state index >= 15 is 0 Å². The highest BCUT2D eigenvalue weighted by Gasteiger charge is 1.96. The van der Waals surface area contributed by atoms with Crippen molar-refractivity contribution in [1.29, 1.82) is 0 Å². The van der Waals surface area contributed by atoms with Crippen LogP contribution in [0.1, 0.15) is 32.6 Å². The van der Waals surface area contributed by atoms with E-state index < -0.39 is 0 Å². The van der Waals surface area contributed by atoms with Crippen LogP contribution in [0.2, 0.25) is 0 Å². The summed E-state index contributed by atoms with van der Waals surface area (Å²) in [5.74, 6) is 2.99. The standard InChI is InChI=1S/C10H16/c1-4-7-8-9-10(5-2)6-3/h2,6,10H,3-4,7-9H2,1H3. The van der Waals surface area contributed by atoms with E-state index in [4.69, 9.17) is 6.42 Å². The molecule has 1 unspecified atom stereocenters. The molecule has 0 heteroatoms. The van der Waals surface area contributed by atoms with Crippen LogP contribution in [-0.4, -0.2) is 0 Å². The van der Waals surface area contributed by atoms with Crippen molar-refractivity contribution in [3.63, 3.8) is 0 Å². The van der Waals surface area contributed by atoms with Crippen LogP contribution >= 0.6 is 0 Å². The maximum atomic E-state index is 5.24. The van der Waals surface area contributed by atoms with Gasteiger partial charge in [0.2, 0.25) is 0 Å². The van der Waals surface area contributed by atoms with E-state index in [1.807, 2.05) is 6.08 Å². The zero-order valence-electron chi connectivity index (χ0n) is 6.77. The quantitative estimate of drug-likeness (QED) is 0.309. The molecule has 0 rings (SSSR count). The van der Waals surface area contributed by atoms with Gasteiger partial charge >= 0.3 is 0 Å². The molecule has 0 nitrogen and oxygen atoms in total. The molecule has 0 aromatic heterocycles. The van der Waals surface area contributed by atoms with Crippen molar-refractivity contribution in [2.24, 2.45) is 5.92 Å². The Hall–Kier alpha value is -0.700. The zero-order valence-corrected chi connectivity index (χ0v) is 6.77. The van der Waals surface area contributed by atoms with Crippen molar-refractivity contribution in [2.45, 2.75) is 32.6 Å². The van der Waals surface area contributed by atoms with Crippen LogP contribution in [0.25, 0.3) is 0 Å². The van der Waals surface area contributed by atoms with Gasteiger partial charge in [0, 0.05) is 5.92 Å². The number of allylic oxidation sites excluding steroid dienone is 1. The summed E-state index contributed by atoms with van der Waals surface area (Å²) in [5.41, 5.74) is 0. The Morgan fingerprint density at radius 2 is 2.30 bits per heavy atom. The van der Waals surface area contributed by atoms with Crippen molar-refractivity contribution >= 4 is 0 Å². The fourth-order valence-electron chi connectivity index (χ4n) is 0.883. The van der Waals surface area contributed by atoms with E-state index in [0.29, 0.717) is 5.92 Å². The number of hydrogen-bond donors (Lipinski definition) is 0. The summed E-state index contributed by atoms with van der Waals surface area (Å²) in [6, 6.07) is 0. The van der Waals surface area contributed by atoms with Gasteiger partial charge in [-0.3, -0.25) is 0 Å². The van der Waals surface area contributed by atoms with E-state index in [-0.39, 0.29) is 0 Å². The molecule has 0 bridgehead atoms. The van der Waals surface area contributed by atoms with Gasteiger partial charge in [-0.15, -0.1) is 13.0 Å². The van der Waals surface area contributed by atoms with Crippen molar-refractivity contribution in [3.05, 3.63) is 12.7 Å². The summed E-state index contributed by atoms with van der Waals surface area (Å²) >= 11 is 0. The van der Waals surface area contributed by atoms with E-state index in [1.165, 1.54) is 19.3 Å². The van der Waals surface area contributed by atoms with Gasteiger partial charge in [0.15, 0.2) is 0 Å². The molecule has 0 fully saturated rings. The Morgan fingerprint density at radius 1 is 1.60 bits per heavy atom. The van der Waals surface area contributed by atoms with Gasteiger partial charge < -0.3 is 0 Å². The molecule has 0 amide bonds. The van der Waals surface area contributed by atoms with E-state index in [1.54, 1.807) is 0 Å². The molecule has 0 spiro atoms. The fraction of sp³-hybridized carbons (Fsp3) is 0.600. The highest BCUT2D eigenvalue weighted by atomic mass is 14.0. The maximum absolute atomic E-state index is 5.24. The zero-order chi connectivity index (χ0) is 7.82. The van der Waals surface area contributed by atoms with Gasteiger partial charge in [-0.05, 0) is 6.42 Å². The van der Waals surface area contributed by atoms with Crippen molar-refractivity contribution < 1.29 is 0 Å². The third-order valence-electron chi connectivity index (χ3n) is 1.62. The lowest BCUT2D eigenvalue weighted by molar-refractivity contribution is 0.622. The largest absolute Gasteiger partial charge is 0.119 e. The third kappa shape index (κ3) is 4.21. The summed E-state index contributed by atoms with van der Waals surface area (Å²) in [7, 11) is 0. The first kappa shape index (κ1) is 9.30. The van der Waals surface area contributed by atoms with Crippen LogP contribution in [0.5, 0.6) is 0 Å². The van der Waals surface area contributed by atoms with E-state index in [0.717, 1.165) is 6.42 Å². The summed E-state index contributed by atoms with van der Waals surface area (Å²) in [6.45, 7) is 5.86. The lowest BCUT2D eigenvalue weighted by atomic mass is 10.0. The fourth-order valence-corrected chi connectivity index (χ4v) is 0.883. The topological polar surface area (TPSA) is 0 Å². The van der Waals surface area contributed by atoms with Crippen LogP contribution in [0.15, 0.2) is 12.7 Å². The number of hydrogen-bond acceptors (Lipinski definition) is 0. The van der Waals surface area contributed by atoms with Crippen molar-refractivity contribution in [2.75, 3.05) is 0 Å². The van der Waals surface area contributed by atoms with Crippen LogP contribution in [0, 0.1) is 18.3 Å². The average molecular weight is 136 g/mol. The molecular weight excluding hydrogens is 120 g/mol. The Balaban J connectivity index is 3.28. The van der Waals surface area contributed by atoms with Gasteiger partial charge in [-0.25, -0.2) is 0 Å².